The summed E-state index contributed by atoms with van der Waals surface area (Å²) in [5.74, 6) is -0.273. The first-order valence-corrected chi connectivity index (χ1v) is 7.70. The van der Waals surface area contributed by atoms with Gasteiger partial charge in [0, 0.05) is 18.7 Å². The lowest BCUT2D eigenvalue weighted by Crippen LogP contribution is -2.49. The third-order valence-electron chi connectivity index (χ3n) is 4.67. The highest BCUT2D eigenvalue weighted by Gasteiger charge is 2.39. The highest BCUT2D eigenvalue weighted by molar-refractivity contribution is 5.77. The molecule has 4 nitrogen and oxygen atoms in total. The van der Waals surface area contributed by atoms with Crippen LogP contribution in [-0.2, 0) is 15.1 Å². The maximum absolute atomic E-state index is 13.6. The van der Waals surface area contributed by atoms with Gasteiger partial charge in [-0.15, -0.1) is 0 Å². The van der Waals surface area contributed by atoms with Gasteiger partial charge in [-0.2, -0.15) is 0 Å². The summed E-state index contributed by atoms with van der Waals surface area (Å²) in [4.78, 5) is 13.8. The van der Waals surface area contributed by atoms with Crippen LogP contribution in [0.2, 0.25) is 0 Å². The Morgan fingerprint density at radius 2 is 2.09 bits per heavy atom. The second-order valence-corrected chi connectivity index (χ2v) is 6.21. The third-order valence-corrected chi connectivity index (χ3v) is 4.67. The van der Waals surface area contributed by atoms with Crippen molar-refractivity contribution in [3.63, 3.8) is 0 Å². The van der Waals surface area contributed by atoms with Crippen LogP contribution in [0, 0.1) is 5.82 Å². The number of nitrogens with zero attached hydrogens (tertiary/aromatic N) is 1. The van der Waals surface area contributed by atoms with E-state index in [9.17, 15) is 9.18 Å². The molecule has 0 aliphatic heterocycles. The van der Waals surface area contributed by atoms with Crippen LogP contribution in [-0.4, -0.2) is 44.7 Å². The first-order valence-electron chi connectivity index (χ1n) is 7.70. The molecule has 1 aromatic carbocycles. The number of nitrogens with one attached hydrogen (secondary N) is 1. The summed E-state index contributed by atoms with van der Waals surface area (Å²) in [6.07, 6.45) is 3.54. The molecule has 1 aromatic rings. The Balaban J connectivity index is 2.08. The number of methoxy groups -OCH3 is 1. The quantitative estimate of drug-likeness (QED) is 0.907. The summed E-state index contributed by atoms with van der Waals surface area (Å²) >= 11 is 0. The van der Waals surface area contributed by atoms with E-state index in [0.29, 0.717) is 0 Å². The largest absolute Gasteiger partial charge is 0.375 e. The normalized spacial score (nSPS) is 25.2. The van der Waals surface area contributed by atoms with Gasteiger partial charge >= 0.3 is 0 Å². The van der Waals surface area contributed by atoms with Crippen LogP contribution in [0.5, 0.6) is 0 Å². The fourth-order valence-electron chi connectivity index (χ4n) is 3.41. The molecule has 1 amide bonds. The lowest BCUT2D eigenvalue weighted by molar-refractivity contribution is -0.125. The van der Waals surface area contributed by atoms with Crippen molar-refractivity contribution < 1.29 is 13.9 Å². The van der Waals surface area contributed by atoms with Crippen LogP contribution in [0.3, 0.4) is 0 Å². The minimum Gasteiger partial charge on any atom is -0.375 e. The van der Waals surface area contributed by atoms with E-state index in [4.69, 9.17) is 4.74 Å². The summed E-state index contributed by atoms with van der Waals surface area (Å²) in [5.41, 5.74) is 0.851. The van der Waals surface area contributed by atoms with Crippen LogP contribution in [0.4, 0.5) is 4.39 Å². The first kappa shape index (κ1) is 16.9. The molecule has 1 fully saturated rings. The van der Waals surface area contributed by atoms with Gasteiger partial charge in [0.15, 0.2) is 0 Å². The van der Waals surface area contributed by atoms with Gasteiger partial charge in [0.25, 0.3) is 0 Å². The van der Waals surface area contributed by atoms with Crippen molar-refractivity contribution in [2.45, 2.75) is 37.3 Å². The van der Waals surface area contributed by atoms with E-state index in [1.54, 1.807) is 12.1 Å². The Morgan fingerprint density at radius 1 is 1.41 bits per heavy atom. The maximum Gasteiger partial charge on any atom is 0.246 e. The number of hydrogen-bond acceptors (Lipinski definition) is 3. The number of halogens is 1. The SMILES string of the molecule is COCC(=O)NC1CCC(c2cccc(F)c2)(N(C)C)CC1. The van der Waals surface area contributed by atoms with Crippen LogP contribution in [0.25, 0.3) is 0 Å². The van der Waals surface area contributed by atoms with Gasteiger partial charge in [0.2, 0.25) is 5.91 Å². The van der Waals surface area contributed by atoms with Crippen molar-refractivity contribution in [3.8, 4) is 0 Å². The van der Waals surface area contributed by atoms with E-state index in [1.807, 2.05) is 20.2 Å². The molecule has 0 bridgehead atoms. The monoisotopic (exact) mass is 308 g/mol. The van der Waals surface area contributed by atoms with E-state index >= 15 is 0 Å². The summed E-state index contributed by atoms with van der Waals surface area (Å²) in [6.45, 7) is 0.0964. The van der Waals surface area contributed by atoms with E-state index in [2.05, 4.69) is 10.2 Å². The highest BCUT2D eigenvalue weighted by atomic mass is 19.1. The van der Waals surface area contributed by atoms with Crippen molar-refractivity contribution in [2.75, 3.05) is 27.8 Å². The van der Waals surface area contributed by atoms with Crippen molar-refractivity contribution in [1.82, 2.24) is 10.2 Å². The average Bonchev–Trinajstić information content (AvgIpc) is 2.48. The summed E-state index contributed by atoms with van der Waals surface area (Å²) in [6, 6.07) is 7.03. The Labute approximate surface area is 131 Å². The fraction of sp³-hybridized carbons (Fsp3) is 0.588. The van der Waals surface area contributed by atoms with Crippen LogP contribution in [0.1, 0.15) is 31.2 Å². The summed E-state index contributed by atoms with van der Waals surface area (Å²) in [5, 5.41) is 3.00. The van der Waals surface area contributed by atoms with E-state index in [-0.39, 0.29) is 29.9 Å². The molecular formula is C17H25FN2O2. The molecule has 0 spiro atoms. The van der Waals surface area contributed by atoms with E-state index < -0.39 is 0 Å². The zero-order valence-corrected chi connectivity index (χ0v) is 13.6. The molecule has 0 unspecified atom stereocenters. The predicted octanol–water partition coefficient (Wildman–Crippen LogP) is 2.29. The summed E-state index contributed by atoms with van der Waals surface area (Å²) in [7, 11) is 5.59. The lowest BCUT2D eigenvalue weighted by atomic mass is 9.74. The zero-order chi connectivity index (χ0) is 16.2. The van der Waals surface area contributed by atoms with Crippen molar-refractivity contribution in [2.24, 2.45) is 0 Å². The number of carbonyl (C=O) groups is 1. The average molecular weight is 308 g/mol. The van der Waals surface area contributed by atoms with Gasteiger partial charge in [-0.3, -0.25) is 9.69 Å². The number of amides is 1. The molecule has 0 saturated heterocycles. The van der Waals surface area contributed by atoms with Gasteiger partial charge < -0.3 is 10.1 Å². The number of ether oxygens (including phenoxy) is 1. The molecule has 0 aromatic heterocycles. The highest BCUT2D eigenvalue weighted by Crippen LogP contribution is 2.41. The lowest BCUT2D eigenvalue weighted by Gasteiger charge is -2.45. The topological polar surface area (TPSA) is 41.6 Å². The first-order chi connectivity index (χ1) is 10.5. The molecule has 1 aliphatic carbocycles. The minimum absolute atomic E-state index is 0.0735. The second kappa shape index (κ2) is 7.20. The van der Waals surface area contributed by atoms with Crippen LogP contribution >= 0.6 is 0 Å². The van der Waals surface area contributed by atoms with Gasteiger partial charge in [0.05, 0.1) is 0 Å². The van der Waals surface area contributed by atoms with Crippen LogP contribution < -0.4 is 5.32 Å². The van der Waals surface area contributed by atoms with Crippen molar-refractivity contribution >= 4 is 5.91 Å². The fourth-order valence-corrected chi connectivity index (χ4v) is 3.41. The molecule has 122 valence electrons. The van der Waals surface area contributed by atoms with Crippen LogP contribution in [0.15, 0.2) is 24.3 Å². The zero-order valence-electron chi connectivity index (χ0n) is 13.6. The Hall–Kier alpha value is -1.46. The summed E-state index contributed by atoms with van der Waals surface area (Å²) < 4.78 is 18.4. The second-order valence-electron chi connectivity index (χ2n) is 6.21. The van der Waals surface area contributed by atoms with E-state index in [0.717, 1.165) is 31.2 Å². The molecule has 0 heterocycles. The Morgan fingerprint density at radius 3 is 2.64 bits per heavy atom. The molecule has 5 heteroatoms. The number of rotatable bonds is 5. The van der Waals surface area contributed by atoms with Crippen molar-refractivity contribution in [3.05, 3.63) is 35.6 Å². The molecule has 1 saturated carbocycles. The molecule has 22 heavy (non-hydrogen) atoms. The predicted molar refractivity (Wildman–Crippen MR) is 84.0 cm³/mol. The third kappa shape index (κ3) is 3.65. The molecule has 1 N–H and O–H groups in total. The van der Waals surface area contributed by atoms with Crippen molar-refractivity contribution in [1.29, 1.82) is 0 Å². The molecular weight excluding hydrogens is 283 g/mol. The minimum atomic E-state index is -0.200. The van der Waals surface area contributed by atoms with E-state index in [1.165, 1.54) is 13.2 Å². The van der Waals surface area contributed by atoms with Gasteiger partial charge in [-0.05, 0) is 57.5 Å². The van der Waals surface area contributed by atoms with Gasteiger partial charge in [-0.1, -0.05) is 12.1 Å². The number of carbonyl (C=O) groups excluding carboxylic acids is 1. The Bertz CT molecular complexity index is 511. The molecule has 0 radical (unpaired) electrons. The molecule has 2 rings (SSSR count). The smallest absolute Gasteiger partial charge is 0.246 e. The molecule has 0 atom stereocenters. The number of hydrogen-bond donors (Lipinski definition) is 1. The Kier molecular flexibility index (Phi) is 5.53. The molecule has 1 aliphatic rings. The standard InChI is InChI=1S/C17H25FN2O2/c1-20(2)17(13-5-4-6-14(18)11-13)9-7-15(8-10-17)19-16(21)12-22-3/h4-6,11,15H,7-10,12H2,1-3H3,(H,19,21). The maximum atomic E-state index is 13.6. The van der Waals surface area contributed by atoms with Gasteiger partial charge in [-0.25, -0.2) is 4.39 Å². The number of benzene rings is 1. The van der Waals surface area contributed by atoms with Gasteiger partial charge in [0.1, 0.15) is 12.4 Å².